The fourth-order valence-electron chi connectivity index (χ4n) is 4.24. The van der Waals surface area contributed by atoms with Gasteiger partial charge in [0.25, 0.3) is 11.8 Å². The van der Waals surface area contributed by atoms with Gasteiger partial charge in [0, 0.05) is 0 Å². The van der Waals surface area contributed by atoms with E-state index in [1.165, 1.54) is 6.08 Å². The topological polar surface area (TPSA) is 75.7 Å². The molecule has 1 aliphatic heterocycles. The molecule has 0 spiro atoms. The number of fused-ring (bicyclic) bond motifs is 1. The molecule has 5 rings (SSSR count). The second-order valence-corrected chi connectivity index (χ2v) is 9.76. The zero-order valence-corrected chi connectivity index (χ0v) is 22.2. The average Bonchev–Trinajstić information content (AvgIpc) is 2.91. The van der Waals surface area contributed by atoms with Gasteiger partial charge < -0.3 is 4.74 Å². The fourth-order valence-corrected chi connectivity index (χ4v) is 4.93. The molecule has 0 aliphatic carbocycles. The number of hydrogen-bond donors (Lipinski definition) is 1. The summed E-state index contributed by atoms with van der Waals surface area (Å²) in [6.45, 7) is 2.43. The summed E-state index contributed by atoms with van der Waals surface area (Å²) in [5, 5.41) is 4.57. The molecule has 0 bridgehead atoms. The van der Waals surface area contributed by atoms with Gasteiger partial charge in [-0.1, -0.05) is 67.6 Å². The molecule has 0 atom stereocenters. The Hall–Kier alpha value is -3.98. The third-order valence-corrected chi connectivity index (χ3v) is 7.08. The van der Waals surface area contributed by atoms with E-state index in [2.05, 4.69) is 46.1 Å². The number of nitrogens with one attached hydrogen (secondary N) is 1. The Morgan fingerprint density at radius 3 is 2.43 bits per heavy atom. The van der Waals surface area contributed by atoms with Crippen molar-refractivity contribution in [3.8, 4) is 5.75 Å². The van der Waals surface area contributed by atoms with Crippen molar-refractivity contribution in [1.82, 2.24) is 5.32 Å². The van der Waals surface area contributed by atoms with E-state index in [9.17, 15) is 14.4 Å². The Morgan fingerprint density at radius 1 is 0.919 bits per heavy atom. The molecule has 0 aromatic heterocycles. The minimum atomic E-state index is -0.761. The molecular weight excluding hydrogens is 579 g/mol. The lowest BCUT2D eigenvalue weighted by atomic mass is 10.1. The van der Waals surface area contributed by atoms with Crippen LogP contribution in [0.1, 0.15) is 23.6 Å². The molecule has 0 radical (unpaired) electrons. The third-order valence-electron chi connectivity index (χ3n) is 6.23. The molecule has 1 fully saturated rings. The highest BCUT2D eigenvalue weighted by Crippen LogP contribution is 2.27. The van der Waals surface area contributed by atoms with Crippen molar-refractivity contribution >= 4 is 63.0 Å². The smallest absolute Gasteiger partial charge is 0.335 e. The molecule has 1 heterocycles. The lowest BCUT2D eigenvalue weighted by Gasteiger charge is -2.26. The first-order valence-corrected chi connectivity index (χ1v) is 12.9. The molecule has 6 nitrogen and oxygen atoms in total. The van der Waals surface area contributed by atoms with Gasteiger partial charge in [0.15, 0.2) is 0 Å². The summed E-state index contributed by atoms with van der Waals surface area (Å²) in [4.78, 5) is 39.2. The van der Waals surface area contributed by atoms with E-state index < -0.39 is 17.8 Å². The zero-order chi connectivity index (χ0) is 25.9. The molecule has 4 aromatic carbocycles. The summed E-state index contributed by atoms with van der Waals surface area (Å²) >= 11 is 2.17. The van der Waals surface area contributed by atoms with Gasteiger partial charge in [-0.25, -0.2) is 9.69 Å². The van der Waals surface area contributed by atoms with Crippen molar-refractivity contribution < 1.29 is 19.1 Å². The van der Waals surface area contributed by atoms with Crippen molar-refractivity contribution in [3.05, 3.63) is 111 Å². The lowest BCUT2D eigenvalue weighted by molar-refractivity contribution is -0.122. The van der Waals surface area contributed by atoms with Crippen LogP contribution in [0.15, 0.2) is 90.5 Å². The predicted molar refractivity (Wildman–Crippen MR) is 152 cm³/mol. The van der Waals surface area contributed by atoms with Crippen LogP contribution in [0.3, 0.4) is 0 Å². The molecule has 1 aliphatic rings. The number of carbonyl (C=O) groups excluding carboxylic acids is 3. The zero-order valence-electron chi connectivity index (χ0n) is 20.0. The van der Waals surface area contributed by atoms with E-state index in [1.807, 2.05) is 55.5 Å². The molecule has 1 N–H and O–H groups in total. The first kappa shape index (κ1) is 24.7. The van der Waals surface area contributed by atoms with Crippen molar-refractivity contribution in [3.63, 3.8) is 0 Å². The van der Waals surface area contributed by atoms with E-state index >= 15 is 0 Å². The Balaban J connectivity index is 1.37. The third kappa shape index (κ3) is 5.13. The molecule has 0 saturated carbocycles. The summed E-state index contributed by atoms with van der Waals surface area (Å²) in [7, 11) is 0. The maximum Gasteiger partial charge on any atom is 0.335 e. The van der Waals surface area contributed by atoms with Crippen LogP contribution in [0.25, 0.3) is 16.8 Å². The van der Waals surface area contributed by atoms with Gasteiger partial charge in [-0.3, -0.25) is 14.9 Å². The molecule has 0 unspecified atom stereocenters. The van der Waals surface area contributed by atoms with E-state index in [4.69, 9.17) is 4.74 Å². The van der Waals surface area contributed by atoms with Gasteiger partial charge in [-0.05, 0) is 86.8 Å². The van der Waals surface area contributed by atoms with E-state index in [0.717, 1.165) is 36.8 Å². The van der Waals surface area contributed by atoms with Gasteiger partial charge in [-0.15, -0.1) is 0 Å². The van der Waals surface area contributed by atoms with Crippen LogP contribution in [0.5, 0.6) is 5.75 Å². The maximum atomic E-state index is 13.2. The molecule has 1 saturated heterocycles. The van der Waals surface area contributed by atoms with Gasteiger partial charge in [0.2, 0.25) is 0 Å². The summed E-state index contributed by atoms with van der Waals surface area (Å²) in [5.41, 5.74) is 3.11. The normalized spacial score (nSPS) is 14.8. The lowest BCUT2D eigenvalue weighted by Crippen LogP contribution is -2.54. The number of ether oxygens (including phenoxy) is 1. The summed E-state index contributed by atoms with van der Waals surface area (Å²) < 4.78 is 6.93. The number of aryl methyl sites for hydroxylation is 1. The molecule has 4 aromatic rings. The van der Waals surface area contributed by atoms with Crippen LogP contribution in [0.4, 0.5) is 10.5 Å². The highest BCUT2D eigenvalue weighted by molar-refractivity contribution is 14.1. The number of hydrogen-bond acceptors (Lipinski definition) is 4. The van der Waals surface area contributed by atoms with Crippen molar-refractivity contribution in [2.45, 2.75) is 20.0 Å². The molecule has 184 valence electrons. The van der Waals surface area contributed by atoms with Crippen LogP contribution < -0.4 is 15.0 Å². The number of halogens is 1. The quantitative estimate of drug-likeness (QED) is 0.161. The standard InChI is InChI=1S/C30H23IN2O4/c1-2-19-10-13-23(14-11-19)33-29(35)25(28(34)32-30(33)36)16-20-12-15-27(26(31)17-20)37-18-22-8-5-7-21-6-3-4-9-24(21)22/h3-17H,2,18H2,1H3,(H,32,34,36)/b25-16-. The SMILES string of the molecule is CCc1ccc(N2C(=O)NC(=O)/C(=C/c3ccc(OCc4cccc5ccccc45)c(I)c3)C2=O)cc1. The minimum Gasteiger partial charge on any atom is -0.488 e. The number of anilines is 1. The van der Waals surface area contributed by atoms with E-state index in [1.54, 1.807) is 18.2 Å². The van der Waals surface area contributed by atoms with E-state index in [-0.39, 0.29) is 5.57 Å². The van der Waals surface area contributed by atoms with Crippen LogP contribution >= 0.6 is 22.6 Å². The number of benzene rings is 4. The molecule has 4 amide bonds. The predicted octanol–water partition coefficient (Wildman–Crippen LogP) is 6.25. The molecular formula is C30H23IN2O4. The van der Waals surface area contributed by atoms with Gasteiger partial charge in [0.1, 0.15) is 17.9 Å². The largest absolute Gasteiger partial charge is 0.488 e. The average molecular weight is 602 g/mol. The summed E-state index contributed by atoms with van der Waals surface area (Å²) in [5.74, 6) is -0.685. The first-order valence-electron chi connectivity index (χ1n) is 11.8. The van der Waals surface area contributed by atoms with E-state index in [0.29, 0.717) is 23.6 Å². The molecule has 37 heavy (non-hydrogen) atoms. The number of rotatable bonds is 6. The molecule has 7 heteroatoms. The first-order chi connectivity index (χ1) is 17.9. The highest BCUT2D eigenvalue weighted by Gasteiger charge is 2.36. The summed E-state index contributed by atoms with van der Waals surface area (Å²) in [6.07, 6.45) is 2.33. The fraction of sp³-hybridized carbons (Fsp3) is 0.100. The second kappa shape index (κ2) is 10.6. The maximum absolute atomic E-state index is 13.2. The number of barbiturate groups is 1. The number of carbonyl (C=O) groups is 3. The Labute approximate surface area is 228 Å². The van der Waals surface area contributed by atoms with Gasteiger partial charge >= 0.3 is 6.03 Å². The monoisotopic (exact) mass is 602 g/mol. The number of amides is 4. The number of nitrogens with zero attached hydrogens (tertiary/aromatic N) is 1. The van der Waals surface area contributed by atoms with Crippen LogP contribution in [-0.2, 0) is 22.6 Å². The Kier molecular flexibility index (Phi) is 7.05. The van der Waals surface area contributed by atoms with Crippen molar-refractivity contribution in [2.75, 3.05) is 4.90 Å². The number of urea groups is 1. The van der Waals surface area contributed by atoms with Crippen molar-refractivity contribution in [1.29, 1.82) is 0 Å². The highest BCUT2D eigenvalue weighted by atomic mass is 127. The van der Waals surface area contributed by atoms with Gasteiger partial charge in [-0.2, -0.15) is 0 Å². The Bertz CT molecular complexity index is 1550. The minimum absolute atomic E-state index is 0.112. The van der Waals surface area contributed by atoms with Crippen LogP contribution in [-0.4, -0.2) is 17.8 Å². The van der Waals surface area contributed by atoms with Gasteiger partial charge in [0.05, 0.1) is 9.26 Å². The number of imide groups is 2. The van der Waals surface area contributed by atoms with Crippen LogP contribution in [0.2, 0.25) is 0 Å². The van der Waals surface area contributed by atoms with Crippen LogP contribution in [0, 0.1) is 3.57 Å². The second-order valence-electron chi connectivity index (χ2n) is 8.59. The summed E-state index contributed by atoms with van der Waals surface area (Å²) in [6, 6.07) is 26.1. The van der Waals surface area contributed by atoms with Crippen molar-refractivity contribution in [2.24, 2.45) is 0 Å². The Morgan fingerprint density at radius 2 is 1.68 bits per heavy atom.